The van der Waals surface area contributed by atoms with Crippen LogP contribution in [0.3, 0.4) is 0 Å². The van der Waals surface area contributed by atoms with Crippen molar-refractivity contribution in [2.24, 2.45) is 0 Å². The number of hydrogen-bond donors (Lipinski definition) is 0. The Labute approximate surface area is 99.8 Å². The van der Waals surface area contributed by atoms with E-state index in [4.69, 9.17) is 16.0 Å². The molecule has 0 saturated carbocycles. The number of pyridine rings is 1. The van der Waals surface area contributed by atoms with Gasteiger partial charge in [-0.25, -0.2) is 0 Å². The molecular formula is C9H7BrClN3O. The Morgan fingerprint density at radius 2 is 2.27 bits per heavy atom. The first kappa shape index (κ1) is 10.6. The van der Waals surface area contributed by atoms with E-state index in [1.165, 1.54) is 0 Å². The van der Waals surface area contributed by atoms with Crippen molar-refractivity contribution in [1.29, 1.82) is 0 Å². The fraction of sp³-hybridized carbons (Fsp3) is 0.222. The van der Waals surface area contributed by atoms with E-state index in [9.17, 15) is 0 Å². The monoisotopic (exact) mass is 287 g/mol. The molecule has 6 heteroatoms. The number of halogens is 2. The molecule has 0 unspecified atom stereocenters. The zero-order chi connectivity index (χ0) is 10.7. The summed E-state index contributed by atoms with van der Waals surface area (Å²) in [5, 5.41) is 7.81. The molecule has 0 radical (unpaired) electrons. The molecular weight excluding hydrogens is 281 g/mol. The first-order valence-corrected chi connectivity index (χ1v) is 5.62. The van der Waals surface area contributed by atoms with Crippen LogP contribution in [0.5, 0.6) is 0 Å². The maximum absolute atomic E-state index is 5.58. The molecule has 2 aromatic rings. The molecule has 0 spiro atoms. The van der Waals surface area contributed by atoms with E-state index < -0.39 is 0 Å². The second-order valence-electron chi connectivity index (χ2n) is 2.80. The Morgan fingerprint density at radius 3 is 3.00 bits per heavy atom. The van der Waals surface area contributed by atoms with E-state index in [0.717, 1.165) is 10.0 Å². The molecule has 0 bridgehead atoms. The van der Waals surface area contributed by atoms with Crippen LogP contribution in [0.1, 0.15) is 5.89 Å². The van der Waals surface area contributed by atoms with Crippen LogP contribution < -0.4 is 0 Å². The highest BCUT2D eigenvalue weighted by atomic mass is 79.9. The van der Waals surface area contributed by atoms with Gasteiger partial charge in [-0.3, -0.25) is 4.98 Å². The number of alkyl halides is 1. The van der Waals surface area contributed by atoms with Crippen molar-refractivity contribution in [2.75, 3.05) is 5.88 Å². The quantitative estimate of drug-likeness (QED) is 0.815. The molecule has 4 nitrogen and oxygen atoms in total. The summed E-state index contributed by atoms with van der Waals surface area (Å²) >= 11 is 8.94. The van der Waals surface area contributed by atoms with Gasteiger partial charge in [-0.05, 0) is 22.0 Å². The van der Waals surface area contributed by atoms with E-state index in [0.29, 0.717) is 24.1 Å². The second-order valence-corrected chi connectivity index (χ2v) is 4.03. The Bertz CT molecular complexity index is 460. The van der Waals surface area contributed by atoms with Crippen LogP contribution in [0.4, 0.5) is 0 Å². The fourth-order valence-corrected chi connectivity index (χ4v) is 1.67. The Hall–Kier alpha value is -0.940. The minimum Gasteiger partial charge on any atom is -0.421 e. The van der Waals surface area contributed by atoms with Crippen molar-refractivity contribution < 1.29 is 4.42 Å². The molecule has 0 aromatic carbocycles. The van der Waals surface area contributed by atoms with Crippen LogP contribution in [0, 0.1) is 0 Å². The summed E-state index contributed by atoms with van der Waals surface area (Å²) < 4.78 is 6.25. The van der Waals surface area contributed by atoms with E-state index in [2.05, 4.69) is 31.1 Å². The lowest BCUT2D eigenvalue weighted by Crippen LogP contribution is -1.84. The summed E-state index contributed by atoms with van der Waals surface area (Å²) in [7, 11) is 0. The fourth-order valence-electron chi connectivity index (χ4n) is 1.09. The first-order chi connectivity index (χ1) is 7.31. The minimum atomic E-state index is 0.471. The van der Waals surface area contributed by atoms with Crippen LogP contribution in [0.15, 0.2) is 27.3 Å². The van der Waals surface area contributed by atoms with Gasteiger partial charge in [0.2, 0.25) is 11.8 Å². The van der Waals surface area contributed by atoms with Gasteiger partial charge in [0.25, 0.3) is 0 Å². The van der Waals surface area contributed by atoms with E-state index in [1.807, 2.05) is 6.07 Å². The van der Waals surface area contributed by atoms with E-state index >= 15 is 0 Å². The van der Waals surface area contributed by atoms with Crippen LogP contribution in [0.25, 0.3) is 11.5 Å². The molecule has 2 aromatic heterocycles. The van der Waals surface area contributed by atoms with Gasteiger partial charge in [-0.2, -0.15) is 0 Å². The number of hydrogen-bond acceptors (Lipinski definition) is 4. The molecule has 2 rings (SSSR count). The van der Waals surface area contributed by atoms with Gasteiger partial charge < -0.3 is 4.42 Å². The number of aromatic nitrogens is 3. The highest BCUT2D eigenvalue weighted by Crippen LogP contribution is 2.25. The zero-order valence-corrected chi connectivity index (χ0v) is 9.99. The average molecular weight is 289 g/mol. The largest absolute Gasteiger partial charge is 0.421 e. The van der Waals surface area contributed by atoms with Gasteiger partial charge in [-0.15, -0.1) is 21.8 Å². The molecule has 0 saturated heterocycles. The van der Waals surface area contributed by atoms with Gasteiger partial charge in [-0.1, -0.05) is 0 Å². The van der Waals surface area contributed by atoms with E-state index in [-0.39, 0.29) is 0 Å². The van der Waals surface area contributed by atoms with Crippen molar-refractivity contribution >= 4 is 27.5 Å². The third kappa shape index (κ3) is 2.35. The lowest BCUT2D eigenvalue weighted by molar-refractivity contribution is 0.513. The van der Waals surface area contributed by atoms with Crippen LogP contribution in [-0.2, 0) is 6.42 Å². The molecule has 0 aliphatic rings. The predicted molar refractivity (Wildman–Crippen MR) is 59.7 cm³/mol. The molecule has 0 N–H and O–H groups in total. The van der Waals surface area contributed by atoms with Crippen molar-refractivity contribution in [3.8, 4) is 11.5 Å². The lowest BCUT2D eigenvalue weighted by atomic mass is 10.3. The highest BCUT2D eigenvalue weighted by Gasteiger charge is 2.10. The molecule has 78 valence electrons. The zero-order valence-electron chi connectivity index (χ0n) is 7.65. The Kier molecular flexibility index (Phi) is 3.33. The van der Waals surface area contributed by atoms with Gasteiger partial charge >= 0.3 is 0 Å². The van der Waals surface area contributed by atoms with Gasteiger partial charge in [0.05, 0.1) is 5.56 Å². The molecule has 0 aliphatic carbocycles. The third-order valence-corrected chi connectivity index (χ3v) is 2.60. The standard InChI is InChI=1S/C9H7BrClN3O/c10-7-5-12-4-2-6(7)9-14-13-8(15-9)1-3-11/h2,4-5H,1,3H2. The van der Waals surface area contributed by atoms with Gasteiger partial charge in [0, 0.05) is 29.2 Å². The number of aryl methyl sites for hydroxylation is 1. The van der Waals surface area contributed by atoms with Crippen molar-refractivity contribution in [2.45, 2.75) is 6.42 Å². The highest BCUT2D eigenvalue weighted by molar-refractivity contribution is 9.10. The molecule has 0 atom stereocenters. The number of rotatable bonds is 3. The molecule has 15 heavy (non-hydrogen) atoms. The molecule has 0 aliphatic heterocycles. The first-order valence-electron chi connectivity index (χ1n) is 4.29. The number of nitrogens with zero attached hydrogens (tertiary/aromatic N) is 3. The molecule has 0 fully saturated rings. The normalized spacial score (nSPS) is 10.5. The summed E-state index contributed by atoms with van der Waals surface area (Å²) in [4.78, 5) is 3.96. The predicted octanol–water partition coefficient (Wildman–Crippen LogP) is 2.68. The summed E-state index contributed by atoms with van der Waals surface area (Å²) in [5.41, 5.74) is 0.832. The maximum atomic E-state index is 5.58. The van der Waals surface area contributed by atoms with Crippen LogP contribution in [0.2, 0.25) is 0 Å². The Morgan fingerprint density at radius 1 is 1.40 bits per heavy atom. The second kappa shape index (κ2) is 4.72. The van der Waals surface area contributed by atoms with Crippen molar-refractivity contribution in [1.82, 2.24) is 15.2 Å². The SMILES string of the molecule is ClCCc1nnc(-c2ccncc2Br)o1. The molecule has 0 amide bonds. The minimum absolute atomic E-state index is 0.471. The summed E-state index contributed by atoms with van der Waals surface area (Å²) in [6.45, 7) is 0. The lowest BCUT2D eigenvalue weighted by Gasteiger charge is -1.96. The van der Waals surface area contributed by atoms with Crippen molar-refractivity contribution in [3.63, 3.8) is 0 Å². The van der Waals surface area contributed by atoms with Crippen molar-refractivity contribution in [3.05, 3.63) is 28.8 Å². The Balaban J connectivity index is 2.33. The summed E-state index contributed by atoms with van der Waals surface area (Å²) in [5.74, 6) is 1.49. The maximum Gasteiger partial charge on any atom is 0.248 e. The van der Waals surface area contributed by atoms with Gasteiger partial charge in [0.1, 0.15) is 0 Å². The average Bonchev–Trinajstić information content (AvgIpc) is 2.68. The third-order valence-electron chi connectivity index (χ3n) is 1.78. The summed E-state index contributed by atoms with van der Waals surface area (Å²) in [6, 6.07) is 1.81. The van der Waals surface area contributed by atoms with E-state index in [1.54, 1.807) is 12.4 Å². The molecule has 2 heterocycles. The van der Waals surface area contributed by atoms with Crippen LogP contribution >= 0.6 is 27.5 Å². The topological polar surface area (TPSA) is 51.8 Å². The summed E-state index contributed by atoms with van der Waals surface area (Å²) in [6.07, 6.45) is 3.93. The smallest absolute Gasteiger partial charge is 0.248 e. The van der Waals surface area contributed by atoms with Gasteiger partial charge in [0.15, 0.2) is 0 Å². The van der Waals surface area contributed by atoms with Crippen LogP contribution in [-0.4, -0.2) is 21.1 Å².